The third-order valence-corrected chi connectivity index (χ3v) is 4.51. The second-order valence-electron chi connectivity index (χ2n) is 6.78. The molecule has 10 nitrogen and oxygen atoms in total. The standard InChI is InChI=1S/C20H21ClN6O4/c1-11(2)27-7-6-15(26-27)18-13(21)9-23-20(25-18)24-14-5-4-12(8-16(14)31-3)19(30)22-10-17(28)29/h4-9,11H,10H2,1-3H3,(H,22,30)(H,28,29)(H,23,24,25). The molecule has 0 unspecified atom stereocenters. The number of aromatic nitrogens is 4. The summed E-state index contributed by atoms with van der Waals surface area (Å²) >= 11 is 6.28. The number of hydrogen-bond donors (Lipinski definition) is 3. The highest BCUT2D eigenvalue weighted by molar-refractivity contribution is 6.32. The Balaban J connectivity index is 1.85. The van der Waals surface area contributed by atoms with Gasteiger partial charge in [0.2, 0.25) is 5.95 Å². The monoisotopic (exact) mass is 444 g/mol. The van der Waals surface area contributed by atoms with E-state index >= 15 is 0 Å². The molecule has 0 bridgehead atoms. The lowest BCUT2D eigenvalue weighted by atomic mass is 10.1. The third-order valence-electron chi connectivity index (χ3n) is 4.23. The largest absolute Gasteiger partial charge is 0.495 e. The molecule has 0 aliphatic carbocycles. The van der Waals surface area contributed by atoms with Gasteiger partial charge in [0.1, 0.15) is 23.7 Å². The van der Waals surface area contributed by atoms with Crippen LogP contribution in [0.2, 0.25) is 5.02 Å². The van der Waals surface area contributed by atoms with Gasteiger partial charge >= 0.3 is 5.97 Å². The number of hydrogen-bond acceptors (Lipinski definition) is 7. The molecule has 1 aromatic carbocycles. The van der Waals surface area contributed by atoms with Crippen molar-refractivity contribution in [2.45, 2.75) is 19.9 Å². The first kappa shape index (κ1) is 22.0. The summed E-state index contributed by atoms with van der Waals surface area (Å²) in [5.74, 6) is -1.04. The highest BCUT2D eigenvalue weighted by Gasteiger charge is 2.15. The molecule has 2 aromatic heterocycles. The van der Waals surface area contributed by atoms with Gasteiger partial charge in [-0.15, -0.1) is 0 Å². The van der Waals surface area contributed by atoms with E-state index in [-0.39, 0.29) is 17.6 Å². The fourth-order valence-electron chi connectivity index (χ4n) is 2.67. The van der Waals surface area contributed by atoms with Crippen molar-refractivity contribution >= 4 is 35.1 Å². The number of methoxy groups -OCH3 is 1. The maximum Gasteiger partial charge on any atom is 0.322 e. The molecule has 31 heavy (non-hydrogen) atoms. The minimum Gasteiger partial charge on any atom is -0.495 e. The average Bonchev–Trinajstić information content (AvgIpc) is 3.24. The van der Waals surface area contributed by atoms with Crippen molar-refractivity contribution in [3.8, 4) is 17.1 Å². The lowest BCUT2D eigenvalue weighted by molar-refractivity contribution is -0.135. The van der Waals surface area contributed by atoms with Gasteiger partial charge in [-0.3, -0.25) is 14.3 Å². The molecule has 0 atom stereocenters. The van der Waals surface area contributed by atoms with Gasteiger partial charge in [0.05, 0.1) is 24.0 Å². The Morgan fingerprint density at radius 2 is 2.06 bits per heavy atom. The quantitative estimate of drug-likeness (QED) is 0.482. The maximum atomic E-state index is 12.1. The summed E-state index contributed by atoms with van der Waals surface area (Å²) < 4.78 is 7.15. The number of carbonyl (C=O) groups is 2. The highest BCUT2D eigenvalue weighted by Crippen LogP contribution is 2.30. The van der Waals surface area contributed by atoms with Crippen molar-refractivity contribution in [2.75, 3.05) is 19.0 Å². The molecule has 1 amide bonds. The minimum absolute atomic E-state index is 0.197. The van der Waals surface area contributed by atoms with Crippen LogP contribution in [0.3, 0.4) is 0 Å². The lowest BCUT2D eigenvalue weighted by Gasteiger charge is -2.12. The van der Waals surface area contributed by atoms with Crippen molar-refractivity contribution in [1.82, 2.24) is 25.1 Å². The SMILES string of the molecule is COc1cc(C(=O)NCC(=O)O)ccc1Nc1ncc(Cl)c(-c2ccn(C(C)C)n2)n1. The van der Waals surface area contributed by atoms with E-state index in [0.29, 0.717) is 27.8 Å². The van der Waals surface area contributed by atoms with Crippen molar-refractivity contribution in [3.63, 3.8) is 0 Å². The highest BCUT2D eigenvalue weighted by atomic mass is 35.5. The summed E-state index contributed by atoms with van der Waals surface area (Å²) in [6.07, 6.45) is 3.32. The van der Waals surface area contributed by atoms with E-state index in [0.717, 1.165) is 0 Å². The maximum absolute atomic E-state index is 12.1. The van der Waals surface area contributed by atoms with E-state index in [1.54, 1.807) is 10.7 Å². The molecule has 3 rings (SSSR count). The summed E-state index contributed by atoms with van der Waals surface area (Å²) in [7, 11) is 1.45. The third kappa shape index (κ3) is 5.28. The molecule has 0 aliphatic heterocycles. The second-order valence-corrected chi connectivity index (χ2v) is 7.19. The summed E-state index contributed by atoms with van der Waals surface area (Å²) in [4.78, 5) is 31.4. The molecule has 0 radical (unpaired) electrons. The van der Waals surface area contributed by atoms with Gasteiger partial charge in [-0.25, -0.2) is 9.97 Å². The van der Waals surface area contributed by atoms with Crippen LogP contribution in [0.1, 0.15) is 30.2 Å². The van der Waals surface area contributed by atoms with E-state index in [9.17, 15) is 9.59 Å². The van der Waals surface area contributed by atoms with Crippen LogP contribution < -0.4 is 15.4 Å². The minimum atomic E-state index is -1.13. The molecule has 162 valence electrons. The van der Waals surface area contributed by atoms with Crippen LogP contribution in [0.4, 0.5) is 11.6 Å². The number of rotatable bonds is 8. The molecule has 3 N–H and O–H groups in total. The number of amides is 1. The molecule has 0 aliphatic rings. The van der Waals surface area contributed by atoms with Crippen molar-refractivity contribution in [1.29, 1.82) is 0 Å². The molecule has 11 heteroatoms. The average molecular weight is 445 g/mol. The van der Waals surface area contributed by atoms with Gasteiger partial charge in [-0.1, -0.05) is 11.6 Å². The van der Waals surface area contributed by atoms with E-state index in [1.807, 2.05) is 26.1 Å². The first-order valence-corrected chi connectivity index (χ1v) is 9.69. The van der Waals surface area contributed by atoms with E-state index in [1.165, 1.54) is 25.4 Å². The Labute approximate surface area is 183 Å². The van der Waals surface area contributed by atoms with E-state index in [2.05, 4.69) is 25.7 Å². The predicted octanol–water partition coefficient (Wildman–Crippen LogP) is 3.14. The van der Waals surface area contributed by atoms with Crippen LogP contribution in [0.15, 0.2) is 36.7 Å². The fourth-order valence-corrected chi connectivity index (χ4v) is 2.86. The summed E-state index contributed by atoms with van der Waals surface area (Å²) in [5, 5.41) is 18.9. The van der Waals surface area contributed by atoms with Crippen molar-refractivity contribution < 1.29 is 19.4 Å². The number of benzene rings is 1. The fraction of sp³-hybridized carbons (Fsp3) is 0.250. The smallest absolute Gasteiger partial charge is 0.322 e. The Morgan fingerprint density at radius 3 is 2.71 bits per heavy atom. The molecular formula is C20H21ClN6O4. The van der Waals surface area contributed by atoms with Crippen LogP contribution in [-0.4, -0.2) is 50.4 Å². The predicted molar refractivity (Wildman–Crippen MR) is 115 cm³/mol. The van der Waals surface area contributed by atoms with Crippen LogP contribution in [0, 0.1) is 0 Å². The summed E-state index contributed by atoms with van der Waals surface area (Å²) in [6.45, 7) is 3.56. The van der Waals surface area contributed by atoms with Gasteiger partial charge in [0.15, 0.2) is 0 Å². The van der Waals surface area contributed by atoms with Gasteiger partial charge in [-0.2, -0.15) is 5.10 Å². The Morgan fingerprint density at radius 1 is 1.29 bits per heavy atom. The number of halogens is 1. The summed E-state index contributed by atoms with van der Waals surface area (Å²) in [6, 6.07) is 6.65. The lowest BCUT2D eigenvalue weighted by Crippen LogP contribution is -2.29. The number of ether oxygens (including phenoxy) is 1. The Kier molecular flexibility index (Phi) is 6.71. The Bertz CT molecular complexity index is 1110. The number of anilines is 2. The van der Waals surface area contributed by atoms with Gasteiger partial charge < -0.3 is 20.5 Å². The number of carbonyl (C=O) groups excluding carboxylic acids is 1. The molecule has 3 aromatic rings. The zero-order valence-electron chi connectivity index (χ0n) is 17.1. The van der Waals surface area contributed by atoms with Crippen molar-refractivity contribution in [2.24, 2.45) is 0 Å². The normalized spacial score (nSPS) is 10.7. The van der Waals surface area contributed by atoms with Gasteiger partial charge in [0, 0.05) is 17.8 Å². The first-order chi connectivity index (χ1) is 14.8. The van der Waals surface area contributed by atoms with Crippen molar-refractivity contribution in [3.05, 3.63) is 47.2 Å². The molecule has 0 spiro atoms. The van der Waals surface area contributed by atoms with Crippen LogP contribution >= 0.6 is 11.6 Å². The first-order valence-electron chi connectivity index (χ1n) is 9.31. The number of carboxylic acids is 1. The summed E-state index contributed by atoms with van der Waals surface area (Å²) in [5.41, 5.74) is 1.85. The van der Waals surface area contributed by atoms with Crippen LogP contribution in [0.25, 0.3) is 11.4 Å². The zero-order valence-corrected chi connectivity index (χ0v) is 17.8. The van der Waals surface area contributed by atoms with E-state index in [4.69, 9.17) is 21.4 Å². The van der Waals surface area contributed by atoms with E-state index < -0.39 is 18.4 Å². The zero-order chi connectivity index (χ0) is 22.5. The molecule has 0 fully saturated rings. The topological polar surface area (TPSA) is 131 Å². The molecule has 0 saturated carbocycles. The van der Waals surface area contributed by atoms with Gasteiger partial charge in [0.25, 0.3) is 5.91 Å². The Hall–Kier alpha value is -3.66. The number of nitrogens with zero attached hydrogens (tertiary/aromatic N) is 4. The van der Waals surface area contributed by atoms with Gasteiger partial charge in [-0.05, 0) is 38.1 Å². The molecule has 2 heterocycles. The number of aliphatic carboxylic acids is 1. The van der Waals surface area contributed by atoms with Crippen LogP contribution in [0.5, 0.6) is 5.75 Å². The van der Waals surface area contributed by atoms with Crippen LogP contribution in [-0.2, 0) is 4.79 Å². The number of carboxylic acid groups (broad SMARTS) is 1. The number of nitrogens with one attached hydrogen (secondary N) is 2. The second kappa shape index (κ2) is 9.43. The molecule has 0 saturated heterocycles. The molecular weight excluding hydrogens is 424 g/mol.